The number of pyridine rings is 1. The predicted octanol–water partition coefficient (Wildman–Crippen LogP) is 5.60. The van der Waals surface area contributed by atoms with Crippen LogP contribution in [0.1, 0.15) is 50.8 Å². The van der Waals surface area contributed by atoms with Crippen LogP contribution < -0.4 is 10.6 Å². The zero-order valence-corrected chi connectivity index (χ0v) is 24.7. The third-order valence-electron chi connectivity index (χ3n) is 6.81. The molecule has 3 aromatic heterocycles. The Morgan fingerprint density at radius 1 is 1.00 bits per heavy atom. The fourth-order valence-corrected chi connectivity index (χ4v) is 4.77. The summed E-state index contributed by atoms with van der Waals surface area (Å²) in [7, 11) is 0. The molecule has 5 rings (SSSR count). The first kappa shape index (κ1) is 33.1. The number of aryl methyl sites for hydroxylation is 1. The van der Waals surface area contributed by atoms with Crippen LogP contribution in [-0.2, 0) is 12.2 Å². The summed E-state index contributed by atoms with van der Waals surface area (Å²) in [5.74, 6) is -3.38. The van der Waals surface area contributed by atoms with E-state index in [2.05, 4.69) is 36.1 Å². The number of rotatable bonds is 9. The van der Waals surface area contributed by atoms with Crippen LogP contribution in [0.4, 0.5) is 36.4 Å². The van der Waals surface area contributed by atoms with Crippen molar-refractivity contribution in [3.8, 4) is 5.82 Å². The van der Waals surface area contributed by atoms with E-state index in [4.69, 9.17) is 23.2 Å². The Labute approximate surface area is 264 Å². The number of carbonyl (C=O) groups excluding carboxylic acids is 2. The van der Waals surface area contributed by atoms with Gasteiger partial charge in [-0.15, -0.1) is 10.2 Å². The Kier molecular flexibility index (Phi) is 8.71. The van der Waals surface area contributed by atoms with Crippen molar-refractivity contribution in [2.24, 2.45) is 5.92 Å². The second-order valence-electron chi connectivity index (χ2n) is 10.3. The summed E-state index contributed by atoms with van der Waals surface area (Å²) in [5, 5.41) is 18.6. The van der Waals surface area contributed by atoms with Crippen molar-refractivity contribution in [3.05, 3.63) is 74.9 Å². The molecule has 1 fully saturated rings. The molecule has 0 saturated heterocycles. The predicted molar refractivity (Wildman–Crippen MR) is 147 cm³/mol. The van der Waals surface area contributed by atoms with Gasteiger partial charge in [0.15, 0.2) is 5.82 Å². The van der Waals surface area contributed by atoms with Crippen LogP contribution in [0.2, 0.25) is 10.0 Å². The summed E-state index contributed by atoms with van der Waals surface area (Å²) in [6.45, 7) is 1.27. The van der Waals surface area contributed by atoms with Gasteiger partial charge in [-0.25, -0.2) is 14.1 Å². The van der Waals surface area contributed by atoms with Crippen molar-refractivity contribution in [3.63, 3.8) is 0 Å². The highest BCUT2D eigenvalue weighted by atomic mass is 35.5. The molecule has 0 unspecified atom stereocenters. The average molecular weight is 694 g/mol. The Morgan fingerprint density at radius 3 is 2.33 bits per heavy atom. The molecule has 46 heavy (non-hydrogen) atoms. The van der Waals surface area contributed by atoms with Gasteiger partial charge in [0.1, 0.15) is 12.2 Å². The number of carbonyl (C=O) groups is 2. The first-order valence-electron chi connectivity index (χ1n) is 13.2. The molecule has 2 N–H and O–H groups in total. The number of aromatic nitrogens is 7. The van der Waals surface area contributed by atoms with Crippen LogP contribution in [0.25, 0.3) is 5.82 Å². The van der Waals surface area contributed by atoms with Gasteiger partial charge in [0.25, 0.3) is 11.8 Å². The number of hydrogen-bond donors (Lipinski definition) is 2. The van der Waals surface area contributed by atoms with Crippen LogP contribution in [-0.4, -0.2) is 65.7 Å². The largest absolute Gasteiger partial charge is 0.439 e. The van der Waals surface area contributed by atoms with Crippen LogP contribution in [0.5, 0.6) is 0 Å². The van der Waals surface area contributed by atoms with Crippen molar-refractivity contribution in [2.45, 2.75) is 44.3 Å². The van der Waals surface area contributed by atoms with Gasteiger partial charge in [-0.05, 0) is 66.8 Å². The number of amides is 2. The highest BCUT2D eigenvalue weighted by Crippen LogP contribution is 2.51. The Morgan fingerprint density at radius 2 is 1.70 bits per heavy atom. The first-order chi connectivity index (χ1) is 21.5. The lowest BCUT2D eigenvalue weighted by Crippen LogP contribution is -2.51. The van der Waals surface area contributed by atoms with Gasteiger partial charge in [-0.3, -0.25) is 9.59 Å². The van der Waals surface area contributed by atoms with Gasteiger partial charge < -0.3 is 10.6 Å². The molecule has 1 saturated carbocycles. The lowest BCUT2D eigenvalue weighted by atomic mass is 10.1. The molecule has 1 aliphatic carbocycles. The van der Waals surface area contributed by atoms with E-state index >= 15 is 0 Å². The molecule has 0 bridgehead atoms. The van der Waals surface area contributed by atoms with E-state index in [9.17, 15) is 40.3 Å². The first-order valence-corrected chi connectivity index (χ1v) is 14.0. The number of anilines is 1. The van der Waals surface area contributed by atoms with E-state index in [1.165, 1.54) is 30.5 Å². The SMILES string of the molecule is Cc1cc(Cl)cc(C(=O)NCC2CC2)c1NC(=O)c1cc(Cn2nnc(C(F)(C(F)(F)F)C(F)(F)F)n2)nn1-c1ncccc1Cl. The molecular weight excluding hydrogens is 674 g/mol. The van der Waals surface area contributed by atoms with Crippen LogP contribution in [0, 0.1) is 12.8 Å². The van der Waals surface area contributed by atoms with E-state index in [-0.39, 0.29) is 43.3 Å². The number of nitrogens with zero attached hydrogens (tertiary/aromatic N) is 7. The number of nitrogens with one attached hydrogen (secondary N) is 2. The number of benzene rings is 1. The summed E-state index contributed by atoms with van der Waals surface area (Å²) >= 11 is 12.4. The van der Waals surface area contributed by atoms with Gasteiger partial charge in [0.05, 0.1) is 22.0 Å². The third-order valence-corrected chi connectivity index (χ3v) is 7.32. The minimum absolute atomic E-state index is 0.00718. The van der Waals surface area contributed by atoms with E-state index in [1.807, 2.05) is 0 Å². The highest BCUT2D eigenvalue weighted by molar-refractivity contribution is 6.32. The van der Waals surface area contributed by atoms with Crippen LogP contribution in [0.15, 0.2) is 36.5 Å². The standard InChI is InChI=1S/C26H20Cl2F7N9O2/c1-12-7-14(27)8-16(21(45)37-10-13-4-5-13)19(12)38-22(46)18-9-15(40-44(18)20-17(28)3-2-6-36-20)11-43-41-23(39-42-43)24(29,25(30,31)32)26(33,34)35/h2-3,6-9,13H,4-5,10-11H2,1H3,(H,37,45)(H,38,46). The maximum Gasteiger partial charge on any atom is 0.439 e. The fraction of sp³-hybridized carbons (Fsp3) is 0.346. The van der Waals surface area contributed by atoms with Gasteiger partial charge in [-0.1, -0.05) is 23.2 Å². The Balaban J connectivity index is 1.50. The molecule has 20 heteroatoms. The zero-order chi connectivity index (χ0) is 33.6. The smallest absolute Gasteiger partial charge is 0.352 e. The van der Waals surface area contributed by atoms with E-state index in [1.54, 1.807) is 6.92 Å². The average Bonchev–Trinajstić information content (AvgIpc) is 3.52. The molecule has 11 nitrogen and oxygen atoms in total. The fourth-order valence-electron chi connectivity index (χ4n) is 4.29. The summed E-state index contributed by atoms with van der Waals surface area (Å²) in [6, 6.07) is 6.86. The summed E-state index contributed by atoms with van der Waals surface area (Å²) in [4.78, 5) is 31.0. The van der Waals surface area contributed by atoms with Crippen LogP contribution >= 0.6 is 23.2 Å². The van der Waals surface area contributed by atoms with Crippen molar-refractivity contribution in [1.29, 1.82) is 0 Å². The Hall–Kier alpha value is -4.32. The lowest BCUT2D eigenvalue weighted by Gasteiger charge is -2.26. The van der Waals surface area contributed by atoms with Crippen molar-refractivity contribution in [1.82, 2.24) is 40.3 Å². The number of hydrogen-bond acceptors (Lipinski definition) is 7. The van der Waals surface area contributed by atoms with Crippen molar-refractivity contribution >= 4 is 40.7 Å². The minimum Gasteiger partial charge on any atom is -0.352 e. The molecule has 244 valence electrons. The Bertz CT molecular complexity index is 1790. The van der Waals surface area contributed by atoms with E-state index in [0.29, 0.717) is 18.0 Å². The molecule has 0 spiro atoms. The molecule has 3 heterocycles. The van der Waals surface area contributed by atoms with Crippen LogP contribution in [0.3, 0.4) is 0 Å². The van der Waals surface area contributed by atoms with Gasteiger partial charge >= 0.3 is 18.0 Å². The molecule has 0 aliphatic heterocycles. The molecular formula is C26H20Cl2F7N9O2. The third kappa shape index (κ3) is 6.48. The molecule has 4 aromatic rings. The van der Waals surface area contributed by atoms with E-state index < -0.39 is 42.2 Å². The second kappa shape index (κ2) is 12.1. The molecule has 1 aromatic carbocycles. The molecule has 0 atom stereocenters. The van der Waals surface area contributed by atoms with Gasteiger partial charge in [-0.2, -0.15) is 36.2 Å². The zero-order valence-electron chi connectivity index (χ0n) is 23.2. The summed E-state index contributed by atoms with van der Waals surface area (Å²) in [5.41, 5.74) is -5.80. The molecule has 2 amide bonds. The number of halogens is 9. The van der Waals surface area contributed by atoms with Gasteiger partial charge in [0, 0.05) is 17.8 Å². The normalized spacial score (nSPS) is 14.0. The maximum atomic E-state index is 14.4. The van der Waals surface area contributed by atoms with Crippen molar-refractivity contribution < 1.29 is 40.3 Å². The van der Waals surface area contributed by atoms with Gasteiger partial charge in [0.2, 0.25) is 5.82 Å². The topological polar surface area (TPSA) is 133 Å². The monoisotopic (exact) mass is 693 g/mol. The number of alkyl halides is 7. The quantitative estimate of drug-likeness (QED) is 0.218. The van der Waals surface area contributed by atoms with E-state index in [0.717, 1.165) is 23.6 Å². The highest BCUT2D eigenvalue weighted by Gasteiger charge is 2.76. The lowest BCUT2D eigenvalue weighted by molar-refractivity contribution is -0.351. The van der Waals surface area contributed by atoms with Crippen molar-refractivity contribution in [2.75, 3.05) is 11.9 Å². The minimum atomic E-state index is -6.45. The number of tetrazole rings is 1. The molecule has 0 radical (unpaired) electrons. The summed E-state index contributed by atoms with van der Waals surface area (Å²) < 4.78 is 94.3. The maximum absolute atomic E-state index is 14.4. The molecule has 1 aliphatic rings. The second-order valence-corrected chi connectivity index (χ2v) is 11.1. The summed E-state index contributed by atoms with van der Waals surface area (Å²) in [6.07, 6.45) is -9.63.